The van der Waals surface area contributed by atoms with Crippen LogP contribution in [0.4, 0.5) is 5.69 Å². The maximum atomic E-state index is 12.6. The van der Waals surface area contributed by atoms with E-state index in [1.807, 2.05) is 49.4 Å². The zero-order valence-corrected chi connectivity index (χ0v) is 17.1. The van der Waals surface area contributed by atoms with Crippen LogP contribution in [0.15, 0.2) is 48.5 Å². The van der Waals surface area contributed by atoms with E-state index in [0.717, 1.165) is 42.4 Å². The van der Waals surface area contributed by atoms with Gasteiger partial charge >= 0.3 is 0 Å². The molecule has 1 unspecified atom stereocenters. The van der Waals surface area contributed by atoms with Crippen LogP contribution < -0.4 is 20.1 Å². The highest BCUT2D eigenvalue weighted by Gasteiger charge is 2.27. The molecule has 3 rings (SSSR count). The molecule has 2 aromatic rings. The van der Waals surface area contributed by atoms with E-state index in [0.29, 0.717) is 13.2 Å². The first-order valence-electron chi connectivity index (χ1n) is 9.31. The van der Waals surface area contributed by atoms with Gasteiger partial charge in [-0.1, -0.05) is 18.2 Å². The molecule has 0 spiro atoms. The Hall–Kier alpha value is -2.28. The van der Waals surface area contributed by atoms with E-state index in [1.165, 1.54) is 0 Å². The molecule has 1 heterocycles. The maximum absolute atomic E-state index is 12.6. The number of amides is 1. The number of carbonyl (C=O) groups is 1. The van der Waals surface area contributed by atoms with Crippen molar-refractivity contribution in [3.05, 3.63) is 54.1 Å². The summed E-state index contributed by atoms with van der Waals surface area (Å²) in [5, 5.41) is 6.38. The standard InChI is InChI=1S/C21H27N3O3.ClH/c1-3-27-17-10-8-16(9-11-17)23-21(25)15-24-13-12-22-14-19(24)18-6-4-5-7-20(18)26-2;/h4-11,19,22H,3,12-15H2,1-2H3,(H,23,25);1H. The molecule has 0 radical (unpaired) electrons. The van der Waals surface area contributed by atoms with Crippen molar-refractivity contribution in [2.75, 3.05) is 45.2 Å². The molecule has 1 atom stereocenters. The smallest absolute Gasteiger partial charge is 0.238 e. The zero-order chi connectivity index (χ0) is 19.1. The fourth-order valence-corrected chi connectivity index (χ4v) is 3.37. The van der Waals surface area contributed by atoms with E-state index in [4.69, 9.17) is 9.47 Å². The summed E-state index contributed by atoms with van der Waals surface area (Å²) in [5.74, 6) is 1.62. The predicted octanol–water partition coefficient (Wildman–Crippen LogP) is 3.10. The van der Waals surface area contributed by atoms with Crippen molar-refractivity contribution in [2.24, 2.45) is 0 Å². The molecule has 7 heteroatoms. The number of rotatable bonds is 7. The Labute approximate surface area is 172 Å². The number of anilines is 1. The summed E-state index contributed by atoms with van der Waals surface area (Å²) < 4.78 is 10.9. The summed E-state index contributed by atoms with van der Waals surface area (Å²) in [6.07, 6.45) is 0. The molecule has 0 bridgehead atoms. The lowest BCUT2D eigenvalue weighted by molar-refractivity contribution is -0.118. The third-order valence-electron chi connectivity index (χ3n) is 4.65. The molecule has 1 amide bonds. The number of methoxy groups -OCH3 is 1. The Kier molecular flexibility index (Phi) is 8.57. The highest BCUT2D eigenvalue weighted by atomic mass is 35.5. The zero-order valence-electron chi connectivity index (χ0n) is 16.3. The van der Waals surface area contributed by atoms with Gasteiger partial charge in [-0.15, -0.1) is 12.4 Å². The van der Waals surface area contributed by atoms with Crippen molar-refractivity contribution in [2.45, 2.75) is 13.0 Å². The Morgan fingerprint density at radius 1 is 1.21 bits per heavy atom. The number of carbonyl (C=O) groups excluding carboxylic acids is 1. The second-order valence-corrected chi connectivity index (χ2v) is 6.44. The molecule has 0 aliphatic carbocycles. The lowest BCUT2D eigenvalue weighted by Gasteiger charge is -2.36. The van der Waals surface area contributed by atoms with Gasteiger partial charge in [0, 0.05) is 30.9 Å². The number of ether oxygens (including phenoxy) is 2. The van der Waals surface area contributed by atoms with Crippen LogP contribution in [0.3, 0.4) is 0 Å². The third-order valence-corrected chi connectivity index (χ3v) is 4.65. The van der Waals surface area contributed by atoms with Crippen LogP contribution in [0.5, 0.6) is 11.5 Å². The molecule has 2 aromatic carbocycles. The highest BCUT2D eigenvalue weighted by Crippen LogP contribution is 2.30. The van der Waals surface area contributed by atoms with Gasteiger partial charge in [-0.3, -0.25) is 9.69 Å². The highest BCUT2D eigenvalue weighted by molar-refractivity contribution is 5.92. The van der Waals surface area contributed by atoms with Gasteiger partial charge in [-0.25, -0.2) is 0 Å². The molecular weight excluding hydrogens is 378 g/mol. The first-order valence-corrected chi connectivity index (χ1v) is 9.31. The molecular formula is C21H28ClN3O3. The van der Waals surface area contributed by atoms with E-state index in [1.54, 1.807) is 7.11 Å². The van der Waals surface area contributed by atoms with E-state index < -0.39 is 0 Å². The molecule has 0 aromatic heterocycles. The van der Waals surface area contributed by atoms with Crippen molar-refractivity contribution in [3.63, 3.8) is 0 Å². The summed E-state index contributed by atoms with van der Waals surface area (Å²) in [6, 6.07) is 15.5. The summed E-state index contributed by atoms with van der Waals surface area (Å²) in [6.45, 7) is 5.36. The topological polar surface area (TPSA) is 62.8 Å². The van der Waals surface area contributed by atoms with Gasteiger partial charge in [0.25, 0.3) is 0 Å². The van der Waals surface area contributed by atoms with E-state index >= 15 is 0 Å². The molecule has 1 aliphatic rings. The number of nitrogens with one attached hydrogen (secondary N) is 2. The van der Waals surface area contributed by atoms with Crippen LogP contribution in [-0.4, -0.2) is 50.7 Å². The molecule has 1 aliphatic heterocycles. The van der Waals surface area contributed by atoms with Gasteiger partial charge in [-0.2, -0.15) is 0 Å². The third kappa shape index (κ3) is 5.61. The van der Waals surface area contributed by atoms with Crippen LogP contribution in [-0.2, 0) is 4.79 Å². The number of halogens is 1. The number of benzene rings is 2. The van der Waals surface area contributed by atoms with Gasteiger partial charge < -0.3 is 20.1 Å². The maximum Gasteiger partial charge on any atom is 0.238 e. The van der Waals surface area contributed by atoms with Gasteiger partial charge in [-0.05, 0) is 37.3 Å². The molecule has 6 nitrogen and oxygen atoms in total. The fraction of sp³-hybridized carbons (Fsp3) is 0.381. The van der Waals surface area contributed by atoms with Crippen LogP contribution in [0.2, 0.25) is 0 Å². The Morgan fingerprint density at radius 2 is 1.96 bits per heavy atom. The quantitative estimate of drug-likeness (QED) is 0.741. The van der Waals surface area contributed by atoms with Crippen molar-refractivity contribution < 1.29 is 14.3 Å². The summed E-state index contributed by atoms with van der Waals surface area (Å²) in [7, 11) is 1.68. The first-order chi connectivity index (χ1) is 13.2. The van der Waals surface area contributed by atoms with E-state index in [9.17, 15) is 4.79 Å². The van der Waals surface area contributed by atoms with E-state index in [2.05, 4.69) is 21.6 Å². The minimum absolute atomic E-state index is 0. The summed E-state index contributed by atoms with van der Waals surface area (Å²) >= 11 is 0. The number of nitrogens with zero attached hydrogens (tertiary/aromatic N) is 1. The Morgan fingerprint density at radius 3 is 2.68 bits per heavy atom. The summed E-state index contributed by atoms with van der Waals surface area (Å²) in [5.41, 5.74) is 1.87. The molecule has 2 N–H and O–H groups in total. The molecule has 1 saturated heterocycles. The predicted molar refractivity (Wildman–Crippen MR) is 114 cm³/mol. The van der Waals surface area contributed by atoms with Crippen molar-refractivity contribution in [1.29, 1.82) is 0 Å². The van der Waals surface area contributed by atoms with Crippen LogP contribution in [0, 0.1) is 0 Å². The second-order valence-electron chi connectivity index (χ2n) is 6.44. The van der Waals surface area contributed by atoms with Gasteiger partial charge in [0.05, 0.1) is 26.3 Å². The summed E-state index contributed by atoms with van der Waals surface area (Å²) in [4.78, 5) is 14.8. The monoisotopic (exact) mass is 405 g/mol. The minimum Gasteiger partial charge on any atom is -0.496 e. The van der Waals surface area contributed by atoms with Gasteiger partial charge in [0.15, 0.2) is 0 Å². The van der Waals surface area contributed by atoms with Crippen LogP contribution in [0.1, 0.15) is 18.5 Å². The molecule has 152 valence electrons. The largest absolute Gasteiger partial charge is 0.496 e. The number of hydrogen-bond donors (Lipinski definition) is 2. The van der Waals surface area contributed by atoms with Crippen molar-refractivity contribution in [1.82, 2.24) is 10.2 Å². The number of para-hydroxylation sites is 1. The number of hydrogen-bond acceptors (Lipinski definition) is 5. The second kappa shape index (κ2) is 10.9. The molecule has 28 heavy (non-hydrogen) atoms. The fourth-order valence-electron chi connectivity index (χ4n) is 3.37. The molecule has 1 fully saturated rings. The van der Waals surface area contributed by atoms with Crippen LogP contribution >= 0.6 is 12.4 Å². The van der Waals surface area contributed by atoms with Gasteiger partial charge in [0.1, 0.15) is 11.5 Å². The van der Waals surface area contributed by atoms with Crippen LogP contribution in [0.25, 0.3) is 0 Å². The average Bonchev–Trinajstić information content (AvgIpc) is 2.70. The van der Waals surface area contributed by atoms with E-state index in [-0.39, 0.29) is 24.4 Å². The first kappa shape index (κ1) is 22.0. The number of piperazine rings is 1. The average molecular weight is 406 g/mol. The lowest BCUT2D eigenvalue weighted by atomic mass is 10.0. The minimum atomic E-state index is -0.0269. The molecule has 0 saturated carbocycles. The Balaban J connectivity index is 0.00000280. The van der Waals surface area contributed by atoms with Crippen molar-refractivity contribution in [3.8, 4) is 11.5 Å². The normalized spacial score (nSPS) is 16.7. The lowest BCUT2D eigenvalue weighted by Crippen LogP contribution is -2.48. The van der Waals surface area contributed by atoms with Crippen molar-refractivity contribution >= 4 is 24.0 Å². The Bertz CT molecular complexity index is 755. The van der Waals surface area contributed by atoms with Gasteiger partial charge in [0.2, 0.25) is 5.91 Å². The SMILES string of the molecule is CCOc1ccc(NC(=O)CN2CCNCC2c2ccccc2OC)cc1.Cl.